The fourth-order valence-corrected chi connectivity index (χ4v) is 6.28. The number of hydrogen-bond acceptors (Lipinski definition) is 0. The van der Waals surface area contributed by atoms with Crippen LogP contribution in [0.4, 0.5) is 0 Å². The van der Waals surface area contributed by atoms with E-state index in [1.54, 1.807) is 0 Å². The van der Waals surface area contributed by atoms with Gasteiger partial charge in [0.25, 0.3) is 0 Å². The Morgan fingerprint density at radius 3 is 1.92 bits per heavy atom. The van der Waals surface area contributed by atoms with Crippen molar-refractivity contribution in [1.29, 1.82) is 0 Å². The molecule has 0 amide bonds. The molecule has 8 aromatic rings. The summed E-state index contributed by atoms with van der Waals surface area (Å²) in [5.41, 5.74) is 9.39. The molecule has 6 aromatic carbocycles. The fourth-order valence-electron chi connectivity index (χ4n) is 6.11. The molecule has 2 heterocycles. The molecular weight excluding hydrogens is 496 g/mol. The molecule has 39 heavy (non-hydrogen) atoms. The Bertz CT molecular complexity index is 2170. The van der Waals surface area contributed by atoms with Gasteiger partial charge in [-0.15, -0.1) is 0 Å². The summed E-state index contributed by atoms with van der Waals surface area (Å²) in [5.74, 6) is 0. The Labute approximate surface area is 230 Å². The molecule has 3 heteroatoms. The first-order chi connectivity index (χ1) is 19.3. The number of nitrogens with zero attached hydrogens (tertiary/aromatic N) is 2. The van der Waals surface area contributed by atoms with Crippen molar-refractivity contribution in [2.75, 3.05) is 0 Å². The summed E-state index contributed by atoms with van der Waals surface area (Å²) in [6.45, 7) is 0. The number of para-hydroxylation sites is 2. The molecule has 0 bridgehead atoms. The van der Waals surface area contributed by atoms with Gasteiger partial charge in [-0.25, -0.2) is 0 Å². The van der Waals surface area contributed by atoms with E-state index in [-0.39, 0.29) is 0 Å². The summed E-state index contributed by atoms with van der Waals surface area (Å²) in [5, 5.41) is 5.56. The molecule has 2 aromatic heterocycles. The van der Waals surface area contributed by atoms with Crippen molar-refractivity contribution < 1.29 is 0 Å². The SMILES string of the molecule is Clc1ccc2c(c1)c1ccc3c(c4ccccc4n3-c3ccccc3)c1n2-c1cccc(-c2ccccc2)c1. The van der Waals surface area contributed by atoms with E-state index in [4.69, 9.17) is 11.6 Å². The summed E-state index contributed by atoms with van der Waals surface area (Å²) in [6.07, 6.45) is 0. The lowest BCUT2D eigenvalue weighted by Gasteiger charge is -2.12. The van der Waals surface area contributed by atoms with Gasteiger partial charge in [0.05, 0.1) is 22.1 Å². The molecule has 8 rings (SSSR count). The Hall–Kier alpha value is -4.79. The maximum atomic E-state index is 6.56. The number of aromatic nitrogens is 2. The van der Waals surface area contributed by atoms with Gasteiger partial charge < -0.3 is 9.13 Å². The molecule has 0 unspecified atom stereocenters. The minimum Gasteiger partial charge on any atom is -0.309 e. The molecule has 2 nitrogen and oxygen atoms in total. The smallest absolute Gasteiger partial charge is 0.0641 e. The van der Waals surface area contributed by atoms with Crippen molar-refractivity contribution >= 4 is 55.2 Å². The van der Waals surface area contributed by atoms with Crippen molar-refractivity contribution in [1.82, 2.24) is 9.13 Å². The van der Waals surface area contributed by atoms with E-state index in [2.05, 4.69) is 143 Å². The van der Waals surface area contributed by atoms with Crippen LogP contribution in [0.5, 0.6) is 0 Å². The van der Waals surface area contributed by atoms with Crippen molar-refractivity contribution in [2.24, 2.45) is 0 Å². The van der Waals surface area contributed by atoms with Gasteiger partial charge in [0, 0.05) is 37.9 Å². The molecule has 0 aliphatic rings. The molecule has 0 N–H and O–H groups in total. The van der Waals surface area contributed by atoms with Crippen LogP contribution in [0, 0.1) is 0 Å². The maximum Gasteiger partial charge on any atom is 0.0641 e. The molecule has 0 atom stereocenters. The minimum atomic E-state index is 0.742. The molecule has 0 aliphatic carbocycles. The monoisotopic (exact) mass is 518 g/mol. The summed E-state index contributed by atoms with van der Waals surface area (Å²) < 4.78 is 4.79. The predicted octanol–water partition coefficient (Wildman–Crippen LogP) is 10.2. The average Bonchev–Trinajstić information content (AvgIpc) is 3.50. The van der Waals surface area contributed by atoms with Crippen LogP contribution in [0.15, 0.2) is 140 Å². The van der Waals surface area contributed by atoms with E-state index >= 15 is 0 Å². The predicted molar refractivity (Wildman–Crippen MR) is 166 cm³/mol. The number of rotatable bonds is 3. The standard InChI is InChI=1S/C36H23ClN2/c37-26-18-20-33-31(23-26)29-19-21-34-35(30-16-7-8-17-32(30)38(34)27-13-5-2-6-14-27)36(29)39(33)28-15-9-12-25(22-28)24-10-3-1-4-11-24/h1-23H. The fraction of sp³-hybridized carbons (Fsp3) is 0. The van der Waals surface area contributed by atoms with Gasteiger partial charge in [0.2, 0.25) is 0 Å². The second kappa shape index (κ2) is 8.62. The molecular formula is C36H23ClN2. The summed E-state index contributed by atoms with van der Waals surface area (Å²) >= 11 is 6.56. The lowest BCUT2D eigenvalue weighted by atomic mass is 10.0. The third-order valence-electron chi connectivity index (χ3n) is 7.75. The van der Waals surface area contributed by atoms with Crippen molar-refractivity contribution in [3.05, 3.63) is 145 Å². The first kappa shape index (κ1) is 22.2. The van der Waals surface area contributed by atoms with E-state index in [0.717, 1.165) is 27.3 Å². The lowest BCUT2D eigenvalue weighted by Crippen LogP contribution is -1.95. The first-order valence-corrected chi connectivity index (χ1v) is 13.5. The highest BCUT2D eigenvalue weighted by atomic mass is 35.5. The van der Waals surface area contributed by atoms with Crippen LogP contribution in [0.1, 0.15) is 0 Å². The van der Waals surface area contributed by atoms with Gasteiger partial charge in [-0.2, -0.15) is 0 Å². The zero-order valence-corrected chi connectivity index (χ0v) is 21.8. The van der Waals surface area contributed by atoms with Crippen LogP contribution >= 0.6 is 11.6 Å². The second-order valence-electron chi connectivity index (χ2n) is 9.96. The van der Waals surface area contributed by atoms with Gasteiger partial charge in [-0.05, 0) is 65.7 Å². The maximum absolute atomic E-state index is 6.56. The Balaban J connectivity index is 1.56. The van der Waals surface area contributed by atoms with Crippen LogP contribution in [0.2, 0.25) is 5.02 Å². The van der Waals surface area contributed by atoms with Crippen LogP contribution < -0.4 is 0 Å². The third-order valence-corrected chi connectivity index (χ3v) is 7.99. The summed E-state index contributed by atoms with van der Waals surface area (Å²) in [4.78, 5) is 0. The van der Waals surface area contributed by atoms with Gasteiger partial charge >= 0.3 is 0 Å². The van der Waals surface area contributed by atoms with Gasteiger partial charge in [0.1, 0.15) is 0 Å². The Morgan fingerprint density at radius 2 is 1.08 bits per heavy atom. The molecule has 0 radical (unpaired) electrons. The van der Waals surface area contributed by atoms with E-state index in [0.29, 0.717) is 0 Å². The number of benzene rings is 6. The summed E-state index contributed by atoms with van der Waals surface area (Å²) in [7, 11) is 0. The average molecular weight is 519 g/mol. The van der Waals surface area contributed by atoms with Crippen LogP contribution in [-0.2, 0) is 0 Å². The van der Waals surface area contributed by atoms with Gasteiger partial charge in [0.15, 0.2) is 0 Å². The highest BCUT2D eigenvalue weighted by molar-refractivity contribution is 6.33. The minimum absolute atomic E-state index is 0.742. The number of hydrogen-bond donors (Lipinski definition) is 0. The Morgan fingerprint density at radius 1 is 0.410 bits per heavy atom. The normalized spacial score (nSPS) is 11.7. The van der Waals surface area contributed by atoms with Gasteiger partial charge in [-0.3, -0.25) is 0 Å². The quantitative estimate of drug-likeness (QED) is 0.220. The third kappa shape index (κ3) is 3.35. The zero-order chi connectivity index (χ0) is 25.9. The molecule has 0 spiro atoms. The molecule has 0 aliphatic heterocycles. The Kier molecular flexibility index (Phi) is 4.91. The highest BCUT2D eigenvalue weighted by Crippen LogP contribution is 2.42. The van der Waals surface area contributed by atoms with E-state index in [1.165, 1.54) is 43.8 Å². The first-order valence-electron chi connectivity index (χ1n) is 13.1. The van der Waals surface area contributed by atoms with Gasteiger partial charge in [-0.1, -0.05) is 96.5 Å². The molecule has 0 fully saturated rings. The molecule has 184 valence electrons. The van der Waals surface area contributed by atoms with E-state index in [9.17, 15) is 0 Å². The van der Waals surface area contributed by atoms with Crippen LogP contribution in [-0.4, -0.2) is 9.13 Å². The van der Waals surface area contributed by atoms with Crippen molar-refractivity contribution in [3.8, 4) is 22.5 Å². The van der Waals surface area contributed by atoms with Crippen LogP contribution in [0.25, 0.3) is 66.1 Å². The second-order valence-corrected chi connectivity index (χ2v) is 10.4. The molecule has 0 saturated heterocycles. The van der Waals surface area contributed by atoms with E-state index < -0.39 is 0 Å². The van der Waals surface area contributed by atoms with Crippen molar-refractivity contribution in [3.63, 3.8) is 0 Å². The van der Waals surface area contributed by atoms with Crippen LogP contribution in [0.3, 0.4) is 0 Å². The van der Waals surface area contributed by atoms with E-state index in [1.807, 2.05) is 6.07 Å². The summed E-state index contributed by atoms with van der Waals surface area (Å²) in [6, 6.07) is 49.5. The lowest BCUT2D eigenvalue weighted by molar-refractivity contribution is 1.17. The number of fused-ring (bicyclic) bond motifs is 7. The number of halogens is 1. The highest BCUT2D eigenvalue weighted by Gasteiger charge is 2.21. The largest absolute Gasteiger partial charge is 0.309 e. The molecule has 0 saturated carbocycles. The topological polar surface area (TPSA) is 9.86 Å². The van der Waals surface area contributed by atoms with Crippen molar-refractivity contribution in [2.45, 2.75) is 0 Å². The zero-order valence-electron chi connectivity index (χ0n) is 21.1.